The van der Waals surface area contributed by atoms with E-state index in [0.717, 1.165) is 0 Å². The van der Waals surface area contributed by atoms with Crippen molar-refractivity contribution >= 4 is 35.2 Å². The highest BCUT2D eigenvalue weighted by Gasteiger charge is 2.22. The molecule has 0 amide bonds. The molecule has 0 radical (unpaired) electrons. The summed E-state index contributed by atoms with van der Waals surface area (Å²) >= 11 is 12.2. The van der Waals surface area contributed by atoms with Crippen molar-refractivity contribution in [3.05, 3.63) is 27.2 Å². The van der Waals surface area contributed by atoms with Gasteiger partial charge in [0.15, 0.2) is 5.75 Å². The predicted octanol–water partition coefficient (Wildman–Crippen LogP) is 3.25. The average Bonchev–Trinajstić information content (AvgIpc) is 2.34. The summed E-state index contributed by atoms with van der Waals surface area (Å²) in [5.74, 6) is -0.242. The molecule has 1 aromatic carbocycles. The molecule has 1 aliphatic rings. The van der Waals surface area contributed by atoms with Crippen LogP contribution in [0.4, 0.5) is 0 Å². The van der Waals surface area contributed by atoms with Crippen LogP contribution in [0.15, 0.2) is 11.6 Å². The smallest absolute Gasteiger partial charge is 0.335 e. The minimum Gasteiger partial charge on any atom is -0.491 e. The number of aliphatic carboxylic acids is 1. The van der Waals surface area contributed by atoms with E-state index < -0.39 is 5.97 Å². The minimum absolute atomic E-state index is 0.0109. The van der Waals surface area contributed by atoms with Crippen molar-refractivity contribution in [2.24, 2.45) is 0 Å². The lowest BCUT2D eigenvalue weighted by molar-refractivity contribution is -0.132. The molecule has 1 aliphatic heterocycles. The molecular weight excluding hydrogens is 279 g/mol. The third kappa shape index (κ3) is 2.26. The van der Waals surface area contributed by atoms with Gasteiger partial charge in [-0.1, -0.05) is 23.2 Å². The van der Waals surface area contributed by atoms with E-state index in [9.17, 15) is 4.79 Å². The third-order valence-corrected chi connectivity index (χ3v) is 3.10. The van der Waals surface area contributed by atoms with Gasteiger partial charge in [0.25, 0.3) is 0 Å². The molecule has 0 saturated heterocycles. The van der Waals surface area contributed by atoms with Crippen molar-refractivity contribution in [1.29, 1.82) is 0 Å². The van der Waals surface area contributed by atoms with E-state index in [1.165, 1.54) is 6.08 Å². The average molecular weight is 289 g/mol. The Kier molecular flexibility index (Phi) is 3.68. The second-order valence-corrected chi connectivity index (χ2v) is 4.39. The van der Waals surface area contributed by atoms with Gasteiger partial charge in [-0.25, -0.2) is 4.79 Å². The van der Waals surface area contributed by atoms with E-state index in [2.05, 4.69) is 0 Å². The van der Waals surface area contributed by atoms with Gasteiger partial charge in [0.1, 0.15) is 12.4 Å². The zero-order valence-corrected chi connectivity index (χ0v) is 11.0. The van der Waals surface area contributed by atoms with Gasteiger partial charge in [0, 0.05) is 11.6 Å². The van der Waals surface area contributed by atoms with Gasteiger partial charge in [-0.3, -0.25) is 0 Å². The molecule has 1 N–H and O–H groups in total. The van der Waals surface area contributed by atoms with Crippen molar-refractivity contribution in [3.8, 4) is 11.5 Å². The molecule has 0 fully saturated rings. The van der Waals surface area contributed by atoms with Crippen LogP contribution in [0.2, 0.25) is 10.0 Å². The molecule has 0 unspecified atom stereocenters. The maximum absolute atomic E-state index is 10.9. The number of carbonyl (C=O) groups is 1. The van der Waals surface area contributed by atoms with Gasteiger partial charge in [-0.05, 0) is 13.0 Å². The van der Waals surface area contributed by atoms with Crippen LogP contribution in [0.25, 0.3) is 6.08 Å². The van der Waals surface area contributed by atoms with E-state index in [1.807, 2.05) is 0 Å². The van der Waals surface area contributed by atoms with E-state index in [1.54, 1.807) is 13.0 Å². The zero-order chi connectivity index (χ0) is 13.3. The lowest BCUT2D eigenvalue weighted by Gasteiger charge is -2.19. The van der Waals surface area contributed by atoms with Crippen LogP contribution >= 0.6 is 23.2 Å². The number of halogens is 2. The van der Waals surface area contributed by atoms with Crippen LogP contribution in [0.1, 0.15) is 12.5 Å². The fraction of sp³-hybridized carbons (Fsp3) is 0.250. The second kappa shape index (κ2) is 5.08. The van der Waals surface area contributed by atoms with Gasteiger partial charge >= 0.3 is 5.97 Å². The summed E-state index contributed by atoms with van der Waals surface area (Å²) in [6, 6.07) is 1.57. The number of benzene rings is 1. The highest BCUT2D eigenvalue weighted by atomic mass is 35.5. The molecule has 18 heavy (non-hydrogen) atoms. The summed E-state index contributed by atoms with van der Waals surface area (Å²) in [5.41, 5.74) is 0.613. The summed E-state index contributed by atoms with van der Waals surface area (Å²) in [6.07, 6.45) is 1.47. The summed E-state index contributed by atoms with van der Waals surface area (Å²) in [5, 5.41) is 9.54. The van der Waals surface area contributed by atoms with Crippen molar-refractivity contribution in [3.63, 3.8) is 0 Å². The number of carboxylic acid groups (broad SMARTS) is 1. The quantitative estimate of drug-likeness (QED) is 0.928. The molecule has 0 spiro atoms. The van der Waals surface area contributed by atoms with Gasteiger partial charge in [-0.2, -0.15) is 0 Å². The normalized spacial score (nSPS) is 13.4. The van der Waals surface area contributed by atoms with E-state index in [4.69, 9.17) is 37.8 Å². The number of carboxylic acids is 1. The third-order valence-electron chi connectivity index (χ3n) is 2.44. The molecule has 1 heterocycles. The lowest BCUT2D eigenvalue weighted by atomic mass is 10.1. The molecule has 0 bridgehead atoms. The molecule has 4 nitrogen and oxygen atoms in total. The Labute approximate surface area is 114 Å². The van der Waals surface area contributed by atoms with E-state index >= 15 is 0 Å². The van der Waals surface area contributed by atoms with Gasteiger partial charge in [0.2, 0.25) is 0 Å². The van der Waals surface area contributed by atoms with Crippen LogP contribution < -0.4 is 9.47 Å². The fourth-order valence-electron chi connectivity index (χ4n) is 1.62. The first kappa shape index (κ1) is 13.1. The Morgan fingerprint density at radius 1 is 1.56 bits per heavy atom. The van der Waals surface area contributed by atoms with Crippen molar-refractivity contribution in [1.82, 2.24) is 0 Å². The molecule has 6 heteroatoms. The summed E-state index contributed by atoms with van der Waals surface area (Å²) in [7, 11) is 0. The highest BCUT2D eigenvalue weighted by molar-refractivity contribution is 6.38. The summed E-state index contributed by atoms with van der Waals surface area (Å²) < 4.78 is 10.7. The Bertz CT molecular complexity index is 537. The van der Waals surface area contributed by atoms with Gasteiger partial charge in [-0.15, -0.1) is 0 Å². The molecule has 0 aliphatic carbocycles. The minimum atomic E-state index is -1.04. The number of ether oxygens (including phenoxy) is 2. The SMILES string of the molecule is CCOc1c(Cl)cc2c(c1Cl)C=C(C(=O)O)CO2. The van der Waals surface area contributed by atoms with Crippen molar-refractivity contribution in [2.75, 3.05) is 13.2 Å². The Morgan fingerprint density at radius 2 is 2.28 bits per heavy atom. The topological polar surface area (TPSA) is 55.8 Å². The molecule has 0 saturated carbocycles. The van der Waals surface area contributed by atoms with Crippen LogP contribution in [-0.2, 0) is 4.79 Å². The summed E-state index contributed by atoms with van der Waals surface area (Å²) in [6.45, 7) is 2.21. The first-order valence-electron chi connectivity index (χ1n) is 5.26. The largest absolute Gasteiger partial charge is 0.491 e. The molecule has 2 rings (SSSR count). The van der Waals surface area contributed by atoms with E-state index in [0.29, 0.717) is 28.7 Å². The van der Waals surface area contributed by atoms with Crippen molar-refractivity contribution < 1.29 is 19.4 Å². The maximum atomic E-state index is 10.9. The maximum Gasteiger partial charge on any atom is 0.335 e. The number of hydrogen-bond acceptors (Lipinski definition) is 3. The van der Waals surface area contributed by atoms with Crippen LogP contribution in [0.5, 0.6) is 11.5 Å². The molecule has 0 aromatic heterocycles. The van der Waals surface area contributed by atoms with Crippen LogP contribution in [0.3, 0.4) is 0 Å². The lowest BCUT2D eigenvalue weighted by Crippen LogP contribution is -2.14. The molecule has 0 atom stereocenters. The number of rotatable bonds is 3. The Hall–Kier alpha value is -1.39. The van der Waals surface area contributed by atoms with Crippen LogP contribution in [-0.4, -0.2) is 24.3 Å². The fourth-order valence-corrected chi connectivity index (χ4v) is 2.22. The second-order valence-electron chi connectivity index (χ2n) is 3.61. The van der Waals surface area contributed by atoms with Crippen LogP contribution in [0, 0.1) is 0 Å². The standard InChI is InChI=1S/C12H10Cl2O4/c1-2-17-11-8(13)4-9-7(10(11)14)3-6(5-18-9)12(15)16/h3-4H,2,5H2,1H3,(H,15,16). The molecule has 96 valence electrons. The number of fused-ring (bicyclic) bond motifs is 1. The first-order chi connectivity index (χ1) is 8.54. The highest BCUT2D eigenvalue weighted by Crippen LogP contribution is 2.43. The Balaban J connectivity index is 2.56. The zero-order valence-electron chi connectivity index (χ0n) is 9.50. The Morgan fingerprint density at radius 3 is 2.89 bits per heavy atom. The van der Waals surface area contributed by atoms with Gasteiger partial charge in [0.05, 0.1) is 22.2 Å². The monoisotopic (exact) mass is 288 g/mol. The van der Waals surface area contributed by atoms with Crippen molar-refractivity contribution in [2.45, 2.75) is 6.92 Å². The summed E-state index contributed by atoms with van der Waals surface area (Å²) in [4.78, 5) is 10.9. The van der Waals surface area contributed by atoms with Gasteiger partial charge < -0.3 is 14.6 Å². The number of hydrogen-bond donors (Lipinski definition) is 1. The predicted molar refractivity (Wildman–Crippen MR) is 68.7 cm³/mol. The van der Waals surface area contributed by atoms with E-state index in [-0.39, 0.29) is 17.2 Å². The first-order valence-corrected chi connectivity index (χ1v) is 6.01. The molecular formula is C12H10Cl2O4. The molecule has 1 aromatic rings.